The summed E-state index contributed by atoms with van der Waals surface area (Å²) in [6, 6.07) is 14.4. The summed E-state index contributed by atoms with van der Waals surface area (Å²) in [5, 5.41) is 3.82. The molecule has 41 heavy (non-hydrogen) atoms. The molecule has 1 N–H and O–H groups in total. The van der Waals surface area contributed by atoms with Crippen molar-refractivity contribution in [3.63, 3.8) is 0 Å². The predicted molar refractivity (Wildman–Crippen MR) is 167 cm³/mol. The Bertz CT molecular complexity index is 1500. The van der Waals surface area contributed by atoms with Gasteiger partial charge in [0.15, 0.2) is 0 Å². The molecular formula is C29H31Cl4N3O4S. The van der Waals surface area contributed by atoms with Crippen LogP contribution in [0.3, 0.4) is 0 Å². The molecule has 220 valence electrons. The number of aryl methyl sites for hydroxylation is 1. The van der Waals surface area contributed by atoms with Crippen molar-refractivity contribution in [2.75, 3.05) is 10.8 Å². The van der Waals surface area contributed by atoms with E-state index in [1.165, 1.54) is 35.2 Å². The molecule has 0 unspecified atom stereocenters. The second-order valence-electron chi connectivity index (χ2n) is 10.6. The SMILES string of the molecule is Cc1ccc(S(=O)(=O)N(CC(=O)N(Cc2c(Cl)cccc2Cl)[C@@H](C)C(=O)NC(C)(C)C)c2cc(Cl)cc(Cl)c2)cc1. The zero-order chi connectivity index (χ0) is 30.7. The number of hydrogen-bond acceptors (Lipinski definition) is 4. The number of anilines is 1. The predicted octanol–water partition coefficient (Wildman–Crippen LogP) is 7.14. The van der Waals surface area contributed by atoms with E-state index in [4.69, 9.17) is 46.4 Å². The van der Waals surface area contributed by atoms with Crippen LogP contribution >= 0.6 is 46.4 Å². The summed E-state index contributed by atoms with van der Waals surface area (Å²) in [4.78, 5) is 28.5. The highest BCUT2D eigenvalue weighted by Crippen LogP contribution is 2.31. The molecule has 0 aliphatic heterocycles. The molecule has 12 heteroatoms. The molecule has 0 aromatic heterocycles. The maximum atomic E-state index is 14.1. The Balaban J connectivity index is 2.11. The highest BCUT2D eigenvalue weighted by molar-refractivity contribution is 7.92. The molecule has 3 rings (SSSR count). The minimum absolute atomic E-state index is 0.0359. The van der Waals surface area contributed by atoms with Crippen LogP contribution in [-0.4, -0.2) is 43.3 Å². The van der Waals surface area contributed by atoms with E-state index in [1.54, 1.807) is 37.3 Å². The fraction of sp³-hybridized carbons (Fsp3) is 0.310. The van der Waals surface area contributed by atoms with E-state index >= 15 is 0 Å². The van der Waals surface area contributed by atoms with Crippen molar-refractivity contribution in [3.8, 4) is 0 Å². The molecule has 3 aromatic rings. The summed E-state index contributed by atoms with van der Waals surface area (Å²) < 4.78 is 28.8. The first-order chi connectivity index (χ1) is 19.0. The van der Waals surface area contributed by atoms with E-state index in [1.807, 2.05) is 27.7 Å². The summed E-state index contributed by atoms with van der Waals surface area (Å²) in [5.41, 5.74) is 0.775. The minimum atomic E-state index is -4.28. The number of nitrogens with zero attached hydrogens (tertiary/aromatic N) is 2. The maximum Gasteiger partial charge on any atom is 0.264 e. The van der Waals surface area contributed by atoms with Gasteiger partial charge in [0.2, 0.25) is 11.8 Å². The number of carbonyl (C=O) groups is 2. The van der Waals surface area contributed by atoms with Crippen LogP contribution in [0.4, 0.5) is 5.69 Å². The second-order valence-corrected chi connectivity index (χ2v) is 14.1. The number of nitrogens with one attached hydrogen (secondary N) is 1. The number of carbonyl (C=O) groups excluding carboxylic acids is 2. The lowest BCUT2D eigenvalue weighted by Crippen LogP contribution is -2.54. The molecule has 1 atom stereocenters. The Morgan fingerprint density at radius 3 is 1.95 bits per heavy atom. The van der Waals surface area contributed by atoms with Crippen molar-refractivity contribution in [2.24, 2.45) is 0 Å². The highest BCUT2D eigenvalue weighted by Gasteiger charge is 2.34. The Morgan fingerprint density at radius 2 is 1.44 bits per heavy atom. The third-order valence-electron chi connectivity index (χ3n) is 6.08. The molecule has 0 aliphatic carbocycles. The van der Waals surface area contributed by atoms with Crippen molar-refractivity contribution in [1.82, 2.24) is 10.2 Å². The fourth-order valence-corrected chi connectivity index (χ4v) is 6.39. The van der Waals surface area contributed by atoms with E-state index < -0.39 is 40.0 Å². The van der Waals surface area contributed by atoms with E-state index in [0.29, 0.717) is 15.6 Å². The van der Waals surface area contributed by atoms with Gasteiger partial charge in [-0.3, -0.25) is 13.9 Å². The Morgan fingerprint density at radius 1 is 0.902 bits per heavy atom. The maximum absolute atomic E-state index is 14.1. The number of halogens is 4. The number of hydrogen-bond donors (Lipinski definition) is 1. The molecular weight excluding hydrogens is 628 g/mol. The molecule has 2 amide bonds. The lowest BCUT2D eigenvalue weighted by molar-refractivity contribution is -0.140. The minimum Gasteiger partial charge on any atom is -0.350 e. The van der Waals surface area contributed by atoms with E-state index in [-0.39, 0.29) is 27.2 Å². The zero-order valence-electron chi connectivity index (χ0n) is 23.2. The van der Waals surface area contributed by atoms with Gasteiger partial charge < -0.3 is 10.2 Å². The van der Waals surface area contributed by atoms with Gasteiger partial charge in [0.25, 0.3) is 10.0 Å². The molecule has 0 aliphatic rings. The van der Waals surface area contributed by atoms with Crippen molar-refractivity contribution in [1.29, 1.82) is 0 Å². The molecule has 0 radical (unpaired) electrons. The highest BCUT2D eigenvalue weighted by atomic mass is 35.5. The molecule has 0 heterocycles. The monoisotopic (exact) mass is 657 g/mol. The number of amides is 2. The van der Waals surface area contributed by atoms with Crippen LogP contribution in [0.15, 0.2) is 65.6 Å². The van der Waals surface area contributed by atoms with Crippen LogP contribution in [0.25, 0.3) is 0 Å². The Hall–Kier alpha value is -2.49. The molecule has 3 aromatic carbocycles. The van der Waals surface area contributed by atoms with Crippen molar-refractivity contribution >= 4 is 73.9 Å². The van der Waals surface area contributed by atoms with Crippen LogP contribution in [0.2, 0.25) is 20.1 Å². The van der Waals surface area contributed by atoms with Gasteiger partial charge in [-0.25, -0.2) is 8.42 Å². The van der Waals surface area contributed by atoms with E-state index in [2.05, 4.69) is 5.32 Å². The number of rotatable bonds is 9. The quantitative estimate of drug-likeness (QED) is 0.265. The third-order valence-corrected chi connectivity index (χ3v) is 9.01. The van der Waals surface area contributed by atoms with Gasteiger partial charge in [0, 0.05) is 37.7 Å². The van der Waals surface area contributed by atoms with Crippen LogP contribution < -0.4 is 9.62 Å². The normalized spacial score (nSPS) is 12.5. The van der Waals surface area contributed by atoms with Gasteiger partial charge in [-0.15, -0.1) is 0 Å². The molecule has 0 saturated heterocycles. The van der Waals surface area contributed by atoms with Crippen molar-refractivity contribution in [3.05, 3.63) is 91.9 Å². The summed E-state index contributed by atoms with van der Waals surface area (Å²) in [7, 11) is -4.28. The van der Waals surface area contributed by atoms with Crippen LogP contribution in [-0.2, 0) is 26.2 Å². The lowest BCUT2D eigenvalue weighted by Gasteiger charge is -2.34. The van der Waals surface area contributed by atoms with Crippen molar-refractivity contribution < 1.29 is 18.0 Å². The van der Waals surface area contributed by atoms with Gasteiger partial charge in [-0.1, -0.05) is 70.2 Å². The van der Waals surface area contributed by atoms with E-state index in [0.717, 1.165) is 9.87 Å². The van der Waals surface area contributed by atoms with Gasteiger partial charge in [0.05, 0.1) is 10.6 Å². The van der Waals surface area contributed by atoms with Gasteiger partial charge in [0.1, 0.15) is 12.6 Å². The smallest absolute Gasteiger partial charge is 0.264 e. The summed E-state index contributed by atoms with van der Waals surface area (Å²) in [6.07, 6.45) is 0. The fourth-order valence-electron chi connectivity index (χ4n) is 3.96. The first-order valence-electron chi connectivity index (χ1n) is 12.6. The summed E-state index contributed by atoms with van der Waals surface area (Å²) >= 11 is 25.3. The Kier molecular flexibility index (Phi) is 10.6. The topological polar surface area (TPSA) is 86.8 Å². The first kappa shape index (κ1) is 33.0. The van der Waals surface area contributed by atoms with Gasteiger partial charge >= 0.3 is 0 Å². The first-order valence-corrected chi connectivity index (χ1v) is 15.5. The summed E-state index contributed by atoms with van der Waals surface area (Å²) in [5.74, 6) is -1.11. The lowest BCUT2D eigenvalue weighted by atomic mass is 10.1. The molecule has 0 bridgehead atoms. The largest absolute Gasteiger partial charge is 0.350 e. The molecule has 0 saturated carbocycles. The average molecular weight is 659 g/mol. The molecule has 0 spiro atoms. The number of benzene rings is 3. The zero-order valence-corrected chi connectivity index (χ0v) is 27.1. The molecule has 0 fully saturated rings. The standard InChI is InChI=1S/C29H31Cl4N3O4S/c1-18-9-11-23(12-10-18)41(39,40)36(22-14-20(30)13-21(31)15-22)17-27(37)35(19(2)28(38)34-29(3,4)5)16-24-25(32)7-6-8-26(24)33/h6-15,19H,16-17H2,1-5H3,(H,34,38)/t19-/m0/s1. The van der Waals surface area contributed by atoms with Gasteiger partial charge in [-0.2, -0.15) is 0 Å². The third kappa shape index (κ3) is 8.52. The summed E-state index contributed by atoms with van der Waals surface area (Å²) in [6.45, 7) is 8.01. The average Bonchev–Trinajstić information content (AvgIpc) is 2.85. The van der Waals surface area contributed by atoms with Gasteiger partial charge in [-0.05, 0) is 77.1 Å². The van der Waals surface area contributed by atoms with Crippen molar-refractivity contribution in [2.45, 2.75) is 57.6 Å². The van der Waals surface area contributed by atoms with Crippen LogP contribution in [0.1, 0.15) is 38.8 Å². The van der Waals surface area contributed by atoms with Crippen LogP contribution in [0.5, 0.6) is 0 Å². The number of sulfonamides is 1. The van der Waals surface area contributed by atoms with E-state index in [9.17, 15) is 18.0 Å². The second kappa shape index (κ2) is 13.2. The van der Waals surface area contributed by atoms with Crippen LogP contribution in [0, 0.1) is 6.92 Å². The molecule has 7 nitrogen and oxygen atoms in total. The Labute approximate surface area is 261 Å².